The Hall–Kier alpha value is -2.69. The van der Waals surface area contributed by atoms with Gasteiger partial charge < -0.3 is 19.5 Å². The number of hydrogen-bond acceptors (Lipinski definition) is 4. The Labute approximate surface area is 141 Å². The molecule has 0 atom stereocenters. The van der Waals surface area contributed by atoms with E-state index in [4.69, 9.17) is 14.2 Å². The molecule has 0 heterocycles. The van der Waals surface area contributed by atoms with Gasteiger partial charge in [0.2, 0.25) is 5.75 Å². The van der Waals surface area contributed by atoms with E-state index in [1.54, 1.807) is 12.1 Å². The van der Waals surface area contributed by atoms with E-state index in [2.05, 4.69) is 5.32 Å². The van der Waals surface area contributed by atoms with Crippen LogP contribution in [0.1, 0.15) is 28.8 Å². The first-order valence-corrected chi connectivity index (χ1v) is 7.81. The minimum atomic E-state index is -0.265. The average Bonchev–Trinajstić information content (AvgIpc) is 3.41. The Morgan fingerprint density at radius 2 is 1.54 bits per heavy atom. The number of amides is 1. The quantitative estimate of drug-likeness (QED) is 0.885. The van der Waals surface area contributed by atoms with Crippen molar-refractivity contribution in [2.24, 2.45) is 0 Å². The van der Waals surface area contributed by atoms with Crippen molar-refractivity contribution in [3.63, 3.8) is 0 Å². The number of carbonyl (C=O) groups excluding carboxylic acids is 1. The van der Waals surface area contributed by atoms with Gasteiger partial charge in [0.1, 0.15) is 0 Å². The summed E-state index contributed by atoms with van der Waals surface area (Å²) in [5.74, 6) is 1.24. The van der Waals surface area contributed by atoms with Crippen LogP contribution in [0.5, 0.6) is 17.2 Å². The number of benzene rings is 2. The molecule has 0 unspecified atom stereocenters. The molecule has 0 aliphatic heterocycles. The molecular formula is C19H21NO4. The maximum atomic E-state index is 12.7. The van der Waals surface area contributed by atoms with Crippen molar-refractivity contribution in [3.8, 4) is 17.2 Å². The first kappa shape index (κ1) is 16.2. The summed E-state index contributed by atoms with van der Waals surface area (Å²) in [6, 6.07) is 13.4. The van der Waals surface area contributed by atoms with Crippen LogP contribution in [0.4, 0.5) is 0 Å². The maximum Gasteiger partial charge on any atom is 0.252 e. The number of carbonyl (C=O) groups is 1. The predicted molar refractivity (Wildman–Crippen MR) is 90.9 cm³/mol. The van der Waals surface area contributed by atoms with Crippen LogP contribution < -0.4 is 19.5 Å². The summed E-state index contributed by atoms with van der Waals surface area (Å²) in [6.07, 6.45) is 1.88. The van der Waals surface area contributed by atoms with E-state index in [0.29, 0.717) is 22.8 Å². The lowest BCUT2D eigenvalue weighted by atomic mass is 10.0. The van der Waals surface area contributed by atoms with Crippen molar-refractivity contribution < 1.29 is 19.0 Å². The zero-order valence-corrected chi connectivity index (χ0v) is 14.1. The van der Waals surface area contributed by atoms with Crippen LogP contribution in [0, 0.1) is 0 Å². The second kappa shape index (κ2) is 6.43. The second-order valence-electron chi connectivity index (χ2n) is 5.82. The van der Waals surface area contributed by atoms with E-state index in [0.717, 1.165) is 18.4 Å². The SMILES string of the molecule is COc1cc(C(=O)NC2(c3ccccc3)CC2)cc(OC)c1OC. The summed E-state index contributed by atoms with van der Waals surface area (Å²) >= 11 is 0. The molecule has 0 bridgehead atoms. The Balaban J connectivity index is 1.88. The van der Waals surface area contributed by atoms with Crippen LogP contribution in [-0.4, -0.2) is 27.2 Å². The summed E-state index contributed by atoms with van der Waals surface area (Å²) in [4.78, 5) is 12.7. The van der Waals surface area contributed by atoms with Crippen molar-refractivity contribution in [1.29, 1.82) is 0 Å². The minimum absolute atomic E-state index is 0.157. The fourth-order valence-corrected chi connectivity index (χ4v) is 2.87. The van der Waals surface area contributed by atoms with Crippen molar-refractivity contribution in [2.75, 3.05) is 21.3 Å². The number of nitrogens with one attached hydrogen (secondary N) is 1. The zero-order chi connectivity index (χ0) is 17.2. The highest BCUT2D eigenvalue weighted by Gasteiger charge is 2.45. The maximum absolute atomic E-state index is 12.7. The van der Waals surface area contributed by atoms with Gasteiger partial charge in [0.15, 0.2) is 11.5 Å². The monoisotopic (exact) mass is 327 g/mol. The second-order valence-corrected chi connectivity index (χ2v) is 5.82. The molecule has 5 nitrogen and oxygen atoms in total. The Morgan fingerprint density at radius 3 is 2.00 bits per heavy atom. The predicted octanol–water partition coefficient (Wildman–Crippen LogP) is 3.13. The van der Waals surface area contributed by atoms with Gasteiger partial charge in [-0.3, -0.25) is 4.79 Å². The molecule has 24 heavy (non-hydrogen) atoms. The summed E-state index contributed by atoms with van der Waals surface area (Å²) in [6.45, 7) is 0. The number of ether oxygens (including phenoxy) is 3. The van der Waals surface area contributed by atoms with Crippen LogP contribution in [0.25, 0.3) is 0 Å². The van der Waals surface area contributed by atoms with E-state index >= 15 is 0 Å². The van der Waals surface area contributed by atoms with Crippen LogP contribution in [0.3, 0.4) is 0 Å². The smallest absolute Gasteiger partial charge is 0.252 e. The van der Waals surface area contributed by atoms with Gasteiger partial charge >= 0.3 is 0 Å². The van der Waals surface area contributed by atoms with Gasteiger partial charge in [-0.15, -0.1) is 0 Å². The molecule has 1 amide bonds. The van der Waals surface area contributed by atoms with E-state index < -0.39 is 0 Å². The Bertz CT molecular complexity index is 713. The molecule has 2 aromatic rings. The van der Waals surface area contributed by atoms with Crippen molar-refractivity contribution in [3.05, 3.63) is 53.6 Å². The minimum Gasteiger partial charge on any atom is -0.493 e. The number of methoxy groups -OCH3 is 3. The summed E-state index contributed by atoms with van der Waals surface area (Å²) in [5.41, 5.74) is 1.34. The van der Waals surface area contributed by atoms with Gasteiger partial charge in [-0.25, -0.2) is 0 Å². The summed E-state index contributed by atoms with van der Waals surface area (Å²) in [7, 11) is 4.60. The van der Waals surface area contributed by atoms with Crippen LogP contribution in [0.2, 0.25) is 0 Å². The molecule has 0 radical (unpaired) electrons. The molecule has 5 heteroatoms. The highest BCUT2D eigenvalue weighted by Crippen LogP contribution is 2.46. The van der Waals surface area contributed by atoms with Gasteiger partial charge in [-0.1, -0.05) is 30.3 Å². The van der Waals surface area contributed by atoms with Gasteiger partial charge in [0, 0.05) is 5.56 Å². The molecule has 3 rings (SSSR count). The topological polar surface area (TPSA) is 56.8 Å². The van der Waals surface area contributed by atoms with E-state index in [1.807, 2.05) is 30.3 Å². The third kappa shape index (κ3) is 2.89. The van der Waals surface area contributed by atoms with Gasteiger partial charge in [0.05, 0.1) is 26.9 Å². The van der Waals surface area contributed by atoms with Gasteiger partial charge in [-0.05, 0) is 30.5 Å². The average molecular weight is 327 g/mol. The van der Waals surface area contributed by atoms with Crippen molar-refractivity contribution in [1.82, 2.24) is 5.32 Å². The fourth-order valence-electron chi connectivity index (χ4n) is 2.87. The highest BCUT2D eigenvalue weighted by molar-refractivity contribution is 5.96. The molecule has 2 aromatic carbocycles. The van der Waals surface area contributed by atoms with Gasteiger partial charge in [-0.2, -0.15) is 0 Å². The van der Waals surface area contributed by atoms with Crippen LogP contribution in [-0.2, 0) is 5.54 Å². The molecular weight excluding hydrogens is 306 g/mol. The number of hydrogen-bond donors (Lipinski definition) is 1. The van der Waals surface area contributed by atoms with Crippen molar-refractivity contribution in [2.45, 2.75) is 18.4 Å². The molecule has 0 spiro atoms. The standard InChI is InChI=1S/C19H21NO4/c1-22-15-11-13(12-16(23-2)17(15)24-3)18(21)20-19(9-10-19)14-7-5-4-6-8-14/h4-8,11-12H,9-10H2,1-3H3,(H,20,21). The summed E-state index contributed by atoms with van der Waals surface area (Å²) < 4.78 is 15.9. The fraction of sp³-hybridized carbons (Fsp3) is 0.316. The van der Waals surface area contributed by atoms with E-state index in [-0.39, 0.29) is 11.4 Å². The Morgan fingerprint density at radius 1 is 0.958 bits per heavy atom. The largest absolute Gasteiger partial charge is 0.493 e. The third-order valence-corrected chi connectivity index (χ3v) is 4.36. The Kier molecular flexibility index (Phi) is 4.34. The lowest BCUT2D eigenvalue weighted by Crippen LogP contribution is -2.34. The zero-order valence-electron chi connectivity index (χ0n) is 14.1. The molecule has 0 saturated heterocycles. The molecule has 1 fully saturated rings. The molecule has 1 aliphatic carbocycles. The first-order chi connectivity index (χ1) is 11.6. The molecule has 126 valence electrons. The molecule has 1 saturated carbocycles. The van der Waals surface area contributed by atoms with E-state index in [9.17, 15) is 4.79 Å². The van der Waals surface area contributed by atoms with Gasteiger partial charge in [0.25, 0.3) is 5.91 Å². The molecule has 0 aromatic heterocycles. The third-order valence-electron chi connectivity index (χ3n) is 4.36. The van der Waals surface area contributed by atoms with E-state index in [1.165, 1.54) is 21.3 Å². The van der Waals surface area contributed by atoms with Crippen LogP contribution >= 0.6 is 0 Å². The molecule has 1 aliphatic rings. The lowest BCUT2D eigenvalue weighted by Gasteiger charge is -2.19. The number of rotatable bonds is 6. The summed E-state index contributed by atoms with van der Waals surface area (Å²) in [5, 5.41) is 3.15. The normalized spacial score (nSPS) is 14.6. The first-order valence-electron chi connectivity index (χ1n) is 7.81. The van der Waals surface area contributed by atoms with Crippen LogP contribution in [0.15, 0.2) is 42.5 Å². The lowest BCUT2D eigenvalue weighted by molar-refractivity contribution is 0.0930. The van der Waals surface area contributed by atoms with Crippen molar-refractivity contribution >= 4 is 5.91 Å². The highest BCUT2D eigenvalue weighted by atomic mass is 16.5. The molecule has 1 N–H and O–H groups in total.